The Balaban J connectivity index is 1.65. The van der Waals surface area contributed by atoms with Crippen molar-refractivity contribution in [1.29, 1.82) is 0 Å². The van der Waals surface area contributed by atoms with Gasteiger partial charge in [0.05, 0.1) is 18.3 Å². The van der Waals surface area contributed by atoms with Gasteiger partial charge in [-0.15, -0.1) is 0 Å². The van der Waals surface area contributed by atoms with E-state index in [1.807, 2.05) is 37.3 Å². The first-order chi connectivity index (χ1) is 17.6. The second-order valence-electron chi connectivity index (χ2n) is 9.62. The number of hydrogen-bond donors (Lipinski definition) is 1. The van der Waals surface area contributed by atoms with Gasteiger partial charge in [0.15, 0.2) is 6.10 Å². The van der Waals surface area contributed by atoms with Gasteiger partial charge in [0.2, 0.25) is 0 Å². The van der Waals surface area contributed by atoms with Crippen LogP contribution < -0.4 is 16.0 Å². The minimum atomic E-state index is -0.915. The predicted molar refractivity (Wildman–Crippen MR) is 143 cm³/mol. The van der Waals surface area contributed by atoms with E-state index in [1.54, 1.807) is 62.6 Å². The maximum atomic E-state index is 12.8. The van der Waals surface area contributed by atoms with E-state index < -0.39 is 23.7 Å². The number of carbonyl (C=O) groups is 1. The van der Waals surface area contributed by atoms with Crippen molar-refractivity contribution in [2.45, 2.75) is 65.3 Å². The molecule has 2 N–H and O–H groups in total. The standard InChI is InChI=1S/C29H37N3O5/c1-6-24-31-23(20-11-9-8-10-12-20)19-25(33)32(24)17-18-36-22-15-13-21(14-16-22)26(30)27(35-7-2)28(34)37-29(3,4)5/h8-16,19,26-27H,6-7,17-18,30H2,1-5H3. The molecule has 1 heterocycles. The fourth-order valence-electron chi connectivity index (χ4n) is 3.89. The lowest BCUT2D eigenvalue weighted by Gasteiger charge is -2.27. The van der Waals surface area contributed by atoms with Crippen molar-refractivity contribution in [3.05, 3.63) is 82.4 Å². The van der Waals surface area contributed by atoms with Gasteiger partial charge in [-0.1, -0.05) is 49.4 Å². The van der Waals surface area contributed by atoms with Crippen molar-refractivity contribution in [3.8, 4) is 17.0 Å². The summed E-state index contributed by atoms with van der Waals surface area (Å²) in [5.74, 6) is 0.841. The Hall–Kier alpha value is -3.49. The molecular weight excluding hydrogens is 470 g/mol. The molecule has 0 aliphatic rings. The molecule has 37 heavy (non-hydrogen) atoms. The van der Waals surface area contributed by atoms with Gasteiger partial charge >= 0.3 is 5.97 Å². The van der Waals surface area contributed by atoms with Crippen molar-refractivity contribution in [2.75, 3.05) is 13.2 Å². The summed E-state index contributed by atoms with van der Waals surface area (Å²) in [6, 6.07) is 17.7. The molecule has 0 saturated carbocycles. The summed E-state index contributed by atoms with van der Waals surface area (Å²) < 4.78 is 18.6. The van der Waals surface area contributed by atoms with Crippen LogP contribution in [0.15, 0.2) is 65.5 Å². The first-order valence-electron chi connectivity index (χ1n) is 12.6. The van der Waals surface area contributed by atoms with Crippen LogP contribution in [-0.4, -0.2) is 40.4 Å². The van der Waals surface area contributed by atoms with E-state index in [0.29, 0.717) is 43.4 Å². The van der Waals surface area contributed by atoms with Gasteiger partial charge in [-0.25, -0.2) is 9.78 Å². The van der Waals surface area contributed by atoms with Gasteiger partial charge in [-0.2, -0.15) is 0 Å². The highest BCUT2D eigenvalue weighted by Crippen LogP contribution is 2.23. The molecule has 0 radical (unpaired) electrons. The number of nitrogens with two attached hydrogens (primary N) is 1. The van der Waals surface area contributed by atoms with Gasteiger partial charge in [0.1, 0.15) is 23.8 Å². The van der Waals surface area contributed by atoms with Crippen molar-refractivity contribution in [1.82, 2.24) is 9.55 Å². The predicted octanol–water partition coefficient (Wildman–Crippen LogP) is 4.30. The first-order valence-corrected chi connectivity index (χ1v) is 12.6. The molecule has 2 aromatic carbocycles. The normalized spacial score (nSPS) is 13.1. The number of ether oxygens (including phenoxy) is 3. The van der Waals surface area contributed by atoms with E-state index in [9.17, 15) is 9.59 Å². The Bertz CT molecular complexity index is 1220. The fraction of sp³-hybridized carbons (Fsp3) is 0.414. The molecule has 8 heteroatoms. The van der Waals surface area contributed by atoms with Gasteiger partial charge in [-0.3, -0.25) is 9.36 Å². The topological polar surface area (TPSA) is 106 Å². The maximum absolute atomic E-state index is 12.8. The van der Waals surface area contributed by atoms with E-state index >= 15 is 0 Å². The van der Waals surface area contributed by atoms with E-state index in [1.165, 1.54) is 0 Å². The number of benzene rings is 2. The Morgan fingerprint density at radius 1 is 1.05 bits per heavy atom. The number of hydrogen-bond acceptors (Lipinski definition) is 7. The third kappa shape index (κ3) is 7.74. The molecule has 0 aliphatic carbocycles. The summed E-state index contributed by atoms with van der Waals surface area (Å²) in [4.78, 5) is 30.1. The molecule has 0 bridgehead atoms. The van der Waals surface area contributed by atoms with E-state index in [-0.39, 0.29) is 5.56 Å². The van der Waals surface area contributed by atoms with Crippen molar-refractivity contribution in [3.63, 3.8) is 0 Å². The number of nitrogens with zero attached hydrogens (tertiary/aromatic N) is 2. The molecular formula is C29H37N3O5. The highest BCUT2D eigenvalue weighted by Gasteiger charge is 2.31. The average Bonchev–Trinajstić information content (AvgIpc) is 2.87. The molecule has 3 aromatic rings. The summed E-state index contributed by atoms with van der Waals surface area (Å²) in [6.45, 7) is 10.2. The van der Waals surface area contributed by atoms with Gasteiger partial charge in [-0.05, 0) is 45.4 Å². The Labute approximate surface area is 218 Å². The van der Waals surface area contributed by atoms with Crippen LogP contribution in [0.4, 0.5) is 0 Å². The lowest BCUT2D eigenvalue weighted by atomic mass is 10.0. The highest BCUT2D eigenvalue weighted by atomic mass is 16.6. The lowest BCUT2D eigenvalue weighted by Crippen LogP contribution is -2.40. The second-order valence-corrected chi connectivity index (χ2v) is 9.62. The zero-order valence-electron chi connectivity index (χ0n) is 22.3. The zero-order chi connectivity index (χ0) is 27.0. The number of rotatable bonds is 11. The molecule has 0 amide bonds. The minimum absolute atomic E-state index is 0.111. The number of esters is 1. The Morgan fingerprint density at radius 3 is 2.32 bits per heavy atom. The maximum Gasteiger partial charge on any atom is 0.337 e. The largest absolute Gasteiger partial charge is 0.492 e. The monoisotopic (exact) mass is 507 g/mol. The third-order valence-electron chi connectivity index (χ3n) is 5.63. The van der Waals surface area contributed by atoms with Crippen LogP contribution in [0.5, 0.6) is 5.75 Å². The third-order valence-corrected chi connectivity index (χ3v) is 5.63. The second kappa shape index (κ2) is 12.7. The van der Waals surface area contributed by atoms with Crippen LogP contribution in [0.3, 0.4) is 0 Å². The molecule has 2 unspecified atom stereocenters. The highest BCUT2D eigenvalue weighted by molar-refractivity contribution is 5.76. The molecule has 0 aliphatic heterocycles. The van der Waals surface area contributed by atoms with Crippen LogP contribution >= 0.6 is 0 Å². The molecule has 3 rings (SSSR count). The van der Waals surface area contributed by atoms with Gasteiger partial charge < -0.3 is 19.9 Å². The molecule has 0 fully saturated rings. The van der Waals surface area contributed by atoms with E-state index in [0.717, 1.165) is 11.1 Å². The van der Waals surface area contributed by atoms with Crippen molar-refractivity contribution >= 4 is 5.97 Å². The number of aryl methyl sites for hydroxylation is 1. The van der Waals surface area contributed by atoms with Gasteiger partial charge in [0.25, 0.3) is 5.56 Å². The number of carbonyl (C=O) groups excluding carboxylic acids is 1. The zero-order valence-corrected chi connectivity index (χ0v) is 22.3. The summed E-state index contributed by atoms with van der Waals surface area (Å²) in [7, 11) is 0. The SMILES string of the molecule is CCOC(C(=O)OC(C)(C)C)C(N)c1ccc(OCCn2c(CC)nc(-c3ccccc3)cc2=O)cc1. The molecule has 0 spiro atoms. The Kier molecular flexibility index (Phi) is 9.60. The quantitative estimate of drug-likeness (QED) is 0.386. The average molecular weight is 508 g/mol. The summed E-state index contributed by atoms with van der Waals surface area (Å²) in [5.41, 5.74) is 7.92. The first kappa shape index (κ1) is 28.1. The molecule has 2 atom stereocenters. The van der Waals surface area contributed by atoms with Gasteiger partial charge in [0, 0.05) is 24.7 Å². The molecule has 8 nitrogen and oxygen atoms in total. The van der Waals surface area contributed by atoms with Crippen LogP contribution in [0, 0.1) is 0 Å². The summed E-state index contributed by atoms with van der Waals surface area (Å²) >= 11 is 0. The van der Waals surface area contributed by atoms with Crippen molar-refractivity contribution < 1.29 is 19.0 Å². The van der Waals surface area contributed by atoms with E-state index in [2.05, 4.69) is 0 Å². The molecule has 0 saturated heterocycles. The molecule has 1 aromatic heterocycles. The van der Waals surface area contributed by atoms with E-state index in [4.69, 9.17) is 24.9 Å². The summed E-state index contributed by atoms with van der Waals surface area (Å²) in [5, 5.41) is 0. The fourth-order valence-corrected chi connectivity index (χ4v) is 3.89. The van der Waals surface area contributed by atoms with Crippen molar-refractivity contribution in [2.24, 2.45) is 5.73 Å². The summed E-state index contributed by atoms with van der Waals surface area (Å²) in [6.07, 6.45) is -0.289. The van der Waals surface area contributed by atoms with Crippen LogP contribution in [-0.2, 0) is 27.2 Å². The number of aromatic nitrogens is 2. The smallest absolute Gasteiger partial charge is 0.337 e. The minimum Gasteiger partial charge on any atom is -0.492 e. The lowest BCUT2D eigenvalue weighted by molar-refractivity contribution is -0.170. The van der Waals surface area contributed by atoms with Crippen LogP contribution in [0.25, 0.3) is 11.3 Å². The van der Waals surface area contributed by atoms with Crippen LogP contribution in [0.1, 0.15) is 52.0 Å². The van der Waals surface area contributed by atoms with Crippen LogP contribution in [0.2, 0.25) is 0 Å². The molecule has 198 valence electrons. The Morgan fingerprint density at radius 2 is 1.73 bits per heavy atom.